The Balaban J connectivity index is 0.000000441. The SMILES string of the molecule is CC.CC(C)(C)OC(N)=O.Cn1c(=O)n(C2CCC(=O)NC2=O)c2ccc(C3CCN(C(=O)C4CCCCC4)CC3)cc21. The molecule has 1 aromatic carbocycles. The van der Waals surface area contributed by atoms with Crippen LogP contribution in [0.5, 0.6) is 0 Å². The Bertz CT molecular complexity index is 1360. The summed E-state index contributed by atoms with van der Waals surface area (Å²) in [6, 6.07) is 5.37. The number of carbonyl (C=O) groups is 4. The lowest BCUT2D eigenvalue weighted by Crippen LogP contribution is -2.44. The van der Waals surface area contributed by atoms with E-state index in [9.17, 15) is 24.0 Å². The fourth-order valence-corrected chi connectivity index (χ4v) is 6.21. The smallest absolute Gasteiger partial charge is 0.405 e. The normalized spacial score (nSPS) is 20.0. The highest BCUT2D eigenvalue weighted by Crippen LogP contribution is 2.33. The highest BCUT2D eigenvalue weighted by molar-refractivity contribution is 6.00. The molecule has 2 aromatic rings. The van der Waals surface area contributed by atoms with Crippen LogP contribution in [0.25, 0.3) is 11.0 Å². The molecule has 3 N–H and O–H groups in total. The summed E-state index contributed by atoms with van der Waals surface area (Å²) in [6.45, 7) is 10.9. The summed E-state index contributed by atoms with van der Waals surface area (Å²) in [5.41, 5.74) is 6.70. The quantitative estimate of drug-likeness (QED) is 0.497. The molecule has 1 aliphatic carbocycles. The maximum Gasteiger partial charge on any atom is 0.405 e. The molecule has 2 aliphatic heterocycles. The van der Waals surface area contributed by atoms with E-state index in [-0.39, 0.29) is 23.9 Å². The van der Waals surface area contributed by atoms with Gasteiger partial charge in [0.05, 0.1) is 11.0 Å². The second-order valence-corrected chi connectivity index (χ2v) is 12.4. The van der Waals surface area contributed by atoms with E-state index < -0.39 is 23.6 Å². The number of likely N-dealkylation sites (tertiary alicyclic amines) is 1. The van der Waals surface area contributed by atoms with Gasteiger partial charge in [-0.15, -0.1) is 0 Å². The Labute approximate surface area is 254 Å². The summed E-state index contributed by atoms with van der Waals surface area (Å²) in [7, 11) is 1.72. The van der Waals surface area contributed by atoms with Gasteiger partial charge in [0, 0.05) is 32.5 Å². The van der Waals surface area contributed by atoms with Crippen molar-refractivity contribution in [1.29, 1.82) is 0 Å². The molecule has 2 saturated heterocycles. The fraction of sp³-hybridized carbons (Fsp3) is 0.656. The van der Waals surface area contributed by atoms with Crippen molar-refractivity contribution < 1.29 is 23.9 Å². The number of aryl methyl sites for hydroxylation is 1. The number of nitrogens with two attached hydrogens (primary N) is 1. The number of amides is 4. The van der Waals surface area contributed by atoms with Gasteiger partial charge in [0.15, 0.2) is 0 Å². The van der Waals surface area contributed by atoms with E-state index in [4.69, 9.17) is 5.73 Å². The number of nitrogens with zero attached hydrogens (tertiary/aromatic N) is 3. The molecule has 11 heteroatoms. The molecule has 4 amide bonds. The van der Waals surface area contributed by atoms with Crippen molar-refractivity contribution in [1.82, 2.24) is 19.4 Å². The maximum atomic E-state index is 13.0. The summed E-state index contributed by atoms with van der Waals surface area (Å²) in [5, 5.41) is 2.35. The molecule has 3 aliphatic rings. The van der Waals surface area contributed by atoms with Crippen LogP contribution in [-0.4, -0.2) is 56.5 Å². The molecule has 0 radical (unpaired) electrons. The van der Waals surface area contributed by atoms with Gasteiger partial charge in [0.1, 0.15) is 11.6 Å². The predicted octanol–water partition coefficient (Wildman–Crippen LogP) is 4.51. The molecule has 1 aromatic heterocycles. The number of aromatic nitrogens is 2. The zero-order valence-corrected chi connectivity index (χ0v) is 26.6. The second-order valence-electron chi connectivity index (χ2n) is 12.4. The molecular formula is C32H49N5O6. The van der Waals surface area contributed by atoms with E-state index in [1.807, 2.05) is 26.0 Å². The second kappa shape index (κ2) is 14.7. The monoisotopic (exact) mass is 599 g/mol. The largest absolute Gasteiger partial charge is 0.444 e. The number of nitrogens with one attached hydrogen (secondary N) is 1. The average Bonchev–Trinajstić information content (AvgIpc) is 3.22. The number of imide groups is 1. The Hall–Kier alpha value is -3.63. The topological polar surface area (TPSA) is 146 Å². The van der Waals surface area contributed by atoms with E-state index in [2.05, 4.69) is 21.0 Å². The lowest BCUT2D eigenvalue weighted by molar-refractivity contribution is -0.138. The molecule has 1 atom stereocenters. The fourth-order valence-electron chi connectivity index (χ4n) is 6.21. The van der Waals surface area contributed by atoms with Gasteiger partial charge < -0.3 is 15.4 Å². The number of imidazole rings is 1. The van der Waals surface area contributed by atoms with Crippen molar-refractivity contribution in [2.24, 2.45) is 18.7 Å². The number of rotatable bonds is 3. The average molecular weight is 600 g/mol. The van der Waals surface area contributed by atoms with Crippen LogP contribution in [-0.2, 0) is 26.2 Å². The molecule has 5 rings (SSSR count). The molecule has 43 heavy (non-hydrogen) atoms. The molecule has 1 saturated carbocycles. The zero-order valence-electron chi connectivity index (χ0n) is 26.6. The Morgan fingerprint density at radius 3 is 2.09 bits per heavy atom. The van der Waals surface area contributed by atoms with Crippen LogP contribution >= 0.6 is 0 Å². The molecule has 3 fully saturated rings. The van der Waals surface area contributed by atoms with Crippen LogP contribution in [0, 0.1) is 5.92 Å². The Morgan fingerprint density at radius 2 is 1.56 bits per heavy atom. The Morgan fingerprint density at radius 1 is 0.930 bits per heavy atom. The molecule has 1 unspecified atom stereocenters. The lowest BCUT2D eigenvalue weighted by Gasteiger charge is -2.35. The number of piperidine rings is 2. The molecule has 3 heterocycles. The van der Waals surface area contributed by atoms with E-state index >= 15 is 0 Å². The van der Waals surface area contributed by atoms with Gasteiger partial charge in [-0.2, -0.15) is 0 Å². The first-order valence-corrected chi connectivity index (χ1v) is 15.7. The highest BCUT2D eigenvalue weighted by Gasteiger charge is 2.32. The highest BCUT2D eigenvalue weighted by atomic mass is 16.6. The van der Waals surface area contributed by atoms with Crippen LogP contribution in [0.1, 0.15) is 110 Å². The first kappa shape index (κ1) is 33.9. The van der Waals surface area contributed by atoms with Crippen molar-refractivity contribution in [3.8, 4) is 0 Å². The van der Waals surface area contributed by atoms with Crippen molar-refractivity contribution in [3.63, 3.8) is 0 Å². The summed E-state index contributed by atoms with van der Waals surface area (Å²) in [4.78, 5) is 61.9. The first-order valence-electron chi connectivity index (χ1n) is 15.7. The summed E-state index contributed by atoms with van der Waals surface area (Å²) >= 11 is 0. The summed E-state index contributed by atoms with van der Waals surface area (Å²) in [6.07, 6.45) is 7.35. The van der Waals surface area contributed by atoms with E-state index in [1.165, 1.54) is 29.4 Å². The van der Waals surface area contributed by atoms with Crippen LogP contribution in [0.2, 0.25) is 0 Å². The maximum absolute atomic E-state index is 13.0. The summed E-state index contributed by atoms with van der Waals surface area (Å²) < 4.78 is 7.68. The van der Waals surface area contributed by atoms with Crippen molar-refractivity contribution >= 4 is 34.8 Å². The van der Waals surface area contributed by atoms with E-state index in [1.54, 1.807) is 32.4 Å². The molecule has 0 bridgehead atoms. The van der Waals surface area contributed by atoms with Crippen molar-refractivity contribution in [2.45, 2.75) is 110 Å². The summed E-state index contributed by atoms with van der Waals surface area (Å²) in [5.74, 6) is 0.194. The molecule has 0 spiro atoms. The van der Waals surface area contributed by atoms with Crippen molar-refractivity contribution in [2.75, 3.05) is 13.1 Å². The molecular weight excluding hydrogens is 550 g/mol. The number of ether oxygens (including phenoxy) is 1. The van der Waals surface area contributed by atoms with Gasteiger partial charge in [-0.3, -0.25) is 28.8 Å². The van der Waals surface area contributed by atoms with Gasteiger partial charge in [0.2, 0.25) is 17.7 Å². The van der Waals surface area contributed by atoms with Gasteiger partial charge in [-0.25, -0.2) is 9.59 Å². The number of benzene rings is 1. The van der Waals surface area contributed by atoms with Gasteiger partial charge >= 0.3 is 11.8 Å². The number of carbonyl (C=O) groups excluding carboxylic acids is 4. The minimum Gasteiger partial charge on any atom is -0.444 e. The third-order valence-electron chi connectivity index (χ3n) is 8.27. The van der Waals surface area contributed by atoms with Crippen LogP contribution < -0.4 is 16.7 Å². The third kappa shape index (κ3) is 8.48. The lowest BCUT2D eigenvalue weighted by atomic mass is 9.86. The minimum atomic E-state index is -0.725. The van der Waals surface area contributed by atoms with E-state index in [0.717, 1.165) is 44.3 Å². The van der Waals surface area contributed by atoms with E-state index in [0.29, 0.717) is 23.8 Å². The minimum absolute atomic E-state index is 0.216. The first-order chi connectivity index (χ1) is 20.4. The van der Waals surface area contributed by atoms with Crippen LogP contribution in [0.15, 0.2) is 23.0 Å². The number of hydrogen-bond donors (Lipinski definition) is 2. The Kier molecular flexibility index (Phi) is 11.6. The van der Waals surface area contributed by atoms with Crippen LogP contribution in [0.4, 0.5) is 4.79 Å². The predicted molar refractivity (Wildman–Crippen MR) is 165 cm³/mol. The van der Waals surface area contributed by atoms with Gasteiger partial charge in [0.25, 0.3) is 0 Å². The zero-order chi connectivity index (χ0) is 31.9. The van der Waals surface area contributed by atoms with Crippen molar-refractivity contribution in [3.05, 3.63) is 34.2 Å². The number of primary amides is 1. The third-order valence-corrected chi connectivity index (χ3v) is 8.27. The number of fused-ring (bicyclic) bond motifs is 1. The standard InChI is InChI=1S/C25H32N4O4.C5H11NO2.C2H6/c1-27-21-15-18(16-11-13-28(14-12-16)24(32)17-5-3-2-4-6-17)7-8-19(21)29(25(27)33)20-9-10-22(30)26-23(20)31;1-5(2,3)8-4(6)7;1-2/h7-8,15-17,20H,2-6,9-14H2,1H3,(H,26,30,31);1-3H3,(H2,6,7);1-2H3. The van der Waals surface area contributed by atoms with Gasteiger partial charge in [-0.05, 0) is 76.5 Å². The molecule has 238 valence electrons. The van der Waals surface area contributed by atoms with Crippen LogP contribution in [0.3, 0.4) is 0 Å². The number of hydrogen-bond acceptors (Lipinski definition) is 6. The molecule has 11 nitrogen and oxygen atoms in total. The van der Waals surface area contributed by atoms with Gasteiger partial charge in [-0.1, -0.05) is 39.2 Å².